The molecule has 0 saturated carbocycles. The Hall–Kier alpha value is -5.56. The van der Waals surface area contributed by atoms with Crippen LogP contribution in [0.4, 0.5) is 35.9 Å². The van der Waals surface area contributed by atoms with Crippen LogP contribution in [0.25, 0.3) is 21.9 Å². The molecule has 4 aromatic rings. The number of hydrogen-bond donors (Lipinski definition) is 1. The van der Waals surface area contributed by atoms with Crippen molar-refractivity contribution in [1.29, 1.82) is 0 Å². The third kappa shape index (κ3) is 10.0. The molecule has 0 radical (unpaired) electrons. The first kappa shape index (κ1) is 44.5. The largest absolute Gasteiger partial charge is 0.493 e. The first-order valence-corrected chi connectivity index (χ1v) is 19.3. The van der Waals surface area contributed by atoms with E-state index in [4.69, 9.17) is 18.5 Å². The quantitative estimate of drug-likeness (QED) is 0.0978. The summed E-state index contributed by atoms with van der Waals surface area (Å²) in [4.78, 5) is 52.2. The summed E-state index contributed by atoms with van der Waals surface area (Å²) in [5.74, 6) is -0.165. The van der Waals surface area contributed by atoms with E-state index < -0.39 is 29.8 Å². The number of nitrogens with one attached hydrogen (secondary N) is 1. The minimum absolute atomic E-state index is 0.0658. The van der Waals surface area contributed by atoms with E-state index in [1.807, 2.05) is 13.8 Å². The van der Waals surface area contributed by atoms with Gasteiger partial charge < -0.3 is 28.7 Å². The predicted octanol–water partition coefficient (Wildman–Crippen LogP) is 7.85. The van der Waals surface area contributed by atoms with Gasteiger partial charge in [-0.3, -0.25) is 19.4 Å². The van der Waals surface area contributed by atoms with E-state index in [2.05, 4.69) is 15.6 Å². The van der Waals surface area contributed by atoms with Crippen molar-refractivity contribution in [3.8, 4) is 11.5 Å². The number of amides is 6. The van der Waals surface area contributed by atoms with E-state index in [0.29, 0.717) is 74.2 Å². The number of aromatic nitrogens is 2. The summed E-state index contributed by atoms with van der Waals surface area (Å²) in [6.07, 6.45) is -6.14. The van der Waals surface area contributed by atoms with Crippen LogP contribution in [0.2, 0.25) is 0 Å². The Morgan fingerprint density at radius 3 is 1.64 bits per heavy atom. The van der Waals surface area contributed by atoms with Crippen molar-refractivity contribution >= 4 is 45.8 Å². The van der Waals surface area contributed by atoms with Gasteiger partial charge in [-0.25, -0.2) is 9.59 Å². The Kier molecular flexibility index (Phi) is 14.0. The summed E-state index contributed by atoms with van der Waals surface area (Å²) in [7, 11) is 1.65. The van der Waals surface area contributed by atoms with Crippen molar-refractivity contribution in [1.82, 2.24) is 30.3 Å². The van der Waals surface area contributed by atoms with Crippen LogP contribution in [0.15, 0.2) is 33.3 Å². The van der Waals surface area contributed by atoms with Crippen LogP contribution in [0.1, 0.15) is 75.9 Å². The van der Waals surface area contributed by atoms with Gasteiger partial charge in [0.1, 0.15) is 11.5 Å². The van der Waals surface area contributed by atoms with E-state index in [-0.39, 0.29) is 77.9 Å². The smallest absolute Gasteiger partial charge is 0.437 e. The third-order valence-electron chi connectivity index (χ3n) is 9.79. The summed E-state index contributed by atoms with van der Waals surface area (Å²) < 4.78 is 100.0. The third-order valence-corrected chi connectivity index (χ3v) is 9.79. The molecular formula is C39H46F6N6O8. The first-order valence-electron chi connectivity index (χ1n) is 19.3. The maximum atomic E-state index is 13.1. The topological polar surface area (TPSA) is 161 Å². The molecule has 0 spiro atoms. The van der Waals surface area contributed by atoms with E-state index in [9.17, 15) is 45.5 Å². The second kappa shape index (κ2) is 18.6. The first-order chi connectivity index (χ1) is 27.9. The molecule has 1 N–H and O–H groups in total. The van der Waals surface area contributed by atoms with E-state index in [1.165, 1.54) is 34.1 Å². The fraction of sp³-hybridized carbons (Fsp3) is 0.538. The molecule has 2 fully saturated rings. The number of aryl methyl sites for hydroxylation is 2. The molecular weight excluding hydrogens is 794 g/mol. The van der Waals surface area contributed by atoms with Gasteiger partial charge in [0.05, 0.1) is 35.8 Å². The van der Waals surface area contributed by atoms with E-state index >= 15 is 0 Å². The molecule has 2 unspecified atom stereocenters. The number of carbonyl (C=O) groups excluding carboxylic acids is 4. The van der Waals surface area contributed by atoms with Crippen LogP contribution in [0.3, 0.4) is 0 Å². The number of alkyl halides is 6. The van der Waals surface area contributed by atoms with Crippen molar-refractivity contribution < 1.29 is 64.0 Å². The van der Waals surface area contributed by atoms with Gasteiger partial charge >= 0.3 is 24.4 Å². The lowest BCUT2D eigenvalue weighted by Gasteiger charge is -2.35. The van der Waals surface area contributed by atoms with Gasteiger partial charge in [0.2, 0.25) is 11.8 Å². The van der Waals surface area contributed by atoms with Gasteiger partial charge in [-0.05, 0) is 49.9 Å². The minimum atomic E-state index is -4.60. The summed E-state index contributed by atoms with van der Waals surface area (Å²) in [5, 5.41) is 8.83. The Balaban J connectivity index is 0.000000224. The highest BCUT2D eigenvalue weighted by Gasteiger charge is 2.39. The molecule has 0 bridgehead atoms. The van der Waals surface area contributed by atoms with Crippen molar-refractivity contribution in [2.45, 2.75) is 78.6 Å². The molecule has 2 aliphatic heterocycles. The second-order valence-electron chi connectivity index (χ2n) is 14.4. The molecule has 4 heterocycles. The van der Waals surface area contributed by atoms with Crippen LogP contribution in [-0.4, -0.2) is 95.3 Å². The summed E-state index contributed by atoms with van der Waals surface area (Å²) >= 11 is 0. The fourth-order valence-corrected chi connectivity index (χ4v) is 6.88. The minimum Gasteiger partial charge on any atom is -0.493 e. The van der Waals surface area contributed by atoms with Gasteiger partial charge in [-0.15, -0.1) is 0 Å². The Bertz CT molecular complexity index is 2130. The summed E-state index contributed by atoms with van der Waals surface area (Å²) in [6.45, 7) is 8.80. The highest BCUT2D eigenvalue weighted by Crippen LogP contribution is 2.39. The van der Waals surface area contributed by atoms with Gasteiger partial charge in [0.15, 0.2) is 22.6 Å². The van der Waals surface area contributed by atoms with Crippen molar-refractivity contribution in [3.63, 3.8) is 0 Å². The van der Waals surface area contributed by atoms with Crippen LogP contribution >= 0.6 is 0 Å². The summed E-state index contributed by atoms with van der Waals surface area (Å²) in [5.41, 5.74) is -0.929. The van der Waals surface area contributed by atoms with Crippen LogP contribution < -0.4 is 14.8 Å². The van der Waals surface area contributed by atoms with E-state index in [0.717, 1.165) is 4.90 Å². The van der Waals surface area contributed by atoms with Crippen molar-refractivity contribution in [2.24, 2.45) is 11.8 Å². The van der Waals surface area contributed by atoms with E-state index in [1.54, 1.807) is 20.9 Å². The lowest BCUT2D eigenvalue weighted by atomic mass is 10.0. The second-order valence-corrected chi connectivity index (χ2v) is 14.4. The Morgan fingerprint density at radius 1 is 0.729 bits per heavy atom. The number of halogens is 6. The van der Waals surface area contributed by atoms with Gasteiger partial charge in [-0.2, -0.15) is 26.3 Å². The average Bonchev–Trinajstić information content (AvgIpc) is 3.83. The Morgan fingerprint density at radius 2 is 1.19 bits per heavy atom. The number of carbonyl (C=O) groups is 4. The fourth-order valence-electron chi connectivity index (χ4n) is 6.88. The molecule has 322 valence electrons. The number of nitrogens with zero attached hydrogens (tertiary/aromatic N) is 5. The lowest BCUT2D eigenvalue weighted by molar-refractivity contribution is -0.142. The SMILES string of the molecule is CCCc1c(OCCCN2C(=O)C(C)CN(C)C2=O)ccc2c(C(F)(F)F)noc12.CCCc1c(OCCCN2C(=O)NCC(C)C2=O)ccc2c(C(F)(F)F)noc12. The molecule has 2 aliphatic rings. The maximum absolute atomic E-state index is 13.1. The van der Waals surface area contributed by atoms with Crippen LogP contribution in [0, 0.1) is 11.8 Å². The molecule has 59 heavy (non-hydrogen) atoms. The predicted molar refractivity (Wildman–Crippen MR) is 199 cm³/mol. The maximum Gasteiger partial charge on any atom is 0.437 e. The molecule has 14 nitrogen and oxygen atoms in total. The number of fused-ring (bicyclic) bond motifs is 2. The number of benzene rings is 2. The average molecular weight is 841 g/mol. The lowest BCUT2D eigenvalue weighted by Crippen LogP contribution is -2.54. The van der Waals surface area contributed by atoms with Crippen LogP contribution in [0.5, 0.6) is 11.5 Å². The molecule has 6 amide bonds. The zero-order valence-electron chi connectivity index (χ0n) is 33.2. The molecule has 2 saturated heterocycles. The van der Waals surface area contributed by atoms with Crippen LogP contribution in [-0.2, 0) is 34.8 Å². The van der Waals surface area contributed by atoms with Gasteiger partial charge in [0, 0.05) is 44.4 Å². The molecule has 2 aromatic carbocycles. The normalized spacial score (nSPS) is 17.8. The van der Waals surface area contributed by atoms with Crippen molar-refractivity contribution in [3.05, 3.63) is 46.8 Å². The highest BCUT2D eigenvalue weighted by molar-refractivity contribution is 5.98. The molecule has 6 rings (SSSR count). The zero-order chi connectivity index (χ0) is 43.2. The number of ether oxygens (including phenoxy) is 2. The molecule has 20 heteroatoms. The van der Waals surface area contributed by atoms with Crippen molar-refractivity contribution in [2.75, 3.05) is 46.4 Å². The Labute approximate surface area is 335 Å². The number of hydrogen-bond acceptors (Lipinski definition) is 10. The van der Waals surface area contributed by atoms with Gasteiger partial charge in [0.25, 0.3) is 0 Å². The molecule has 0 aliphatic carbocycles. The standard InChI is InChI=1S/C20H24F3N3O4.C19H22F3N3O4/c1-4-6-13-15(8-7-14-16(13)30-24-17(14)20(21,22)23)29-10-5-9-26-18(27)12(2)11-25(3)19(26)28;1-3-5-12-14(7-6-13-15(12)29-24-16(13)19(20,21)22)28-9-4-8-25-17(26)11(2)10-23-18(25)27/h7-8,12H,4-6,9-11H2,1-3H3;6-7,11H,3-5,8-10H2,1-2H3,(H,23,27). The number of urea groups is 2. The molecule has 2 atom stereocenters. The monoisotopic (exact) mass is 840 g/mol. The zero-order valence-corrected chi connectivity index (χ0v) is 33.2. The number of rotatable bonds is 14. The summed E-state index contributed by atoms with van der Waals surface area (Å²) in [6, 6.07) is 4.76. The van der Waals surface area contributed by atoms with Gasteiger partial charge in [-0.1, -0.05) is 50.8 Å². The number of imide groups is 2. The molecule has 2 aromatic heterocycles. The highest BCUT2D eigenvalue weighted by atomic mass is 19.4.